The Labute approximate surface area is 90.8 Å². The molecular weight excluding hydrogens is 192 g/mol. The molecule has 1 unspecified atom stereocenters. The van der Waals surface area contributed by atoms with Crippen molar-refractivity contribution in [1.29, 1.82) is 0 Å². The Kier molecular flexibility index (Phi) is 2.49. The summed E-state index contributed by atoms with van der Waals surface area (Å²) >= 11 is 0. The van der Waals surface area contributed by atoms with Crippen molar-refractivity contribution in [2.24, 2.45) is 17.3 Å². The van der Waals surface area contributed by atoms with E-state index in [1.54, 1.807) is 0 Å². The minimum absolute atomic E-state index is 0.0581. The van der Waals surface area contributed by atoms with Gasteiger partial charge < -0.3 is 14.6 Å². The van der Waals surface area contributed by atoms with Gasteiger partial charge in [-0.05, 0) is 49.4 Å². The van der Waals surface area contributed by atoms with E-state index in [0.717, 1.165) is 19.6 Å². The zero-order valence-corrected chi connectivity index (χ0v) is 9.15. The third-order valence-corrected chi connectivity index (χ3v) is 4.40. The molecule has 3 aliphatic rings. The normalized spacial score (nSPS) is 48.2. The van der Waals surface area contributed by atoms with Gasteiger partial charge in [-0.15, -0.1) is 0 Å². The largest absolute Gasteiger partial charge is 0.396 e. The summed E-state index contributed by atoms with van der Waals surface area (Å²) in [6.45, 7) is 2.08. The predicted octanol–water partition coefficient (Wildman–Crippen LogP) is 1.55. The topological polar surface area (TPSA) is 38.7 Å². The molecule has 1 aliphatic heterocycles. The fraction of sp³-hybridized carbons (Fsp3) is 1.00. The third-order valence-electron chi connectivity index (χ3n) is 4.40. The maximum Gasteiger partial charge on any atom is 0.157 e. The van der Waals surface area contributed by atoms with Crippen molar-refractivity contribution in [2.75, 3.05) is 19.8 Å². The Morgan fingerprint density at radius 3 is 2.80 bits per heavy atom. The maximum atomic E-state index is 9.05. The molecular formula is C12H20O3. The van der Waals surface area contributed by atoms with Crippen LogP contribution in [0.2, 0.25) is 0 Å². The highest BCUT2D eigenvalue weighted by atomic mass is 16.7. The molecule has 1 saturated heterocycles. The number of hydrogen-bond donors (Lipinski definition) is 1. The molecule has 15 heavy (non-hydrogen) atoms. The molecule has 0 aromatic rings. The van der Waals surface area contributed by atoms with Crippen LogP contribution in [0, 0.1) is 17.3 Å². The van der Waals surface area contributed by atoms with Crippen LogP contribution in [0.25, 0.3) is 0 Å². The zero-order chi connectivity index (χ0) is 10.3. The lowest BCUT2D eigenvalue weighted by Crippen LogP contribution is -2.23. The summed E-state index contributed by atoms with van der Waals surface area (Å²) < 4.78 is 11.3. The Bertz CT molecular complexity index is 237. The fourth-order valence-electron chi connectivity index (χ4n) is 3.09. The van der Waals surface area contributed by atoms with Gasteiger partial charge in [0.25, 0.3) is 0 Å². The number of hydrogen-bond acceptors (Lipinski definition) is 3. The Balaban J connectivity index is 1.38. The van der Waals surface area contributed by atoms with Gasteiger partial charge in [0.2, 0.25) is 0 Å². The van der Waals surface area contributed by atoms with Gasteiger partial charge in [0.1, 0.15) is 0 Å². The van der Waals surface area contributed by atoms with E-state index in [0.29, 0.717) is 23.9 Å². The van der Waals surface area contributed by atoms with E-state index in [-0.39, 0.29) is 6.29 Å². The second kappa shape index (κ2) is 3.72. The van der Waals surface area contributed by atoms with Crippen LogP contribution in [-0.4, -0.2) is 31.2 Å². The first-order valence-corrected chi connectivity index (χ1v) is 6.19. The molecule has 3 rings (SSSR count). The Morgan fingerprint density at radius 2 is 2.13 bits per heavy atom. The molecule has 2 saturated carbocycles. The van der Waals surface area contributed by atoms with Crippen LogP contribution in [0.4, 0.5) is 0 Å². The average Bonchev–Trinajstić information content (AvgIpc) is 3.17. The SMILES string of the molecule is OC[C@H]1C[C@]12C[C@H]2COC1CCCCO1. The molecule has 3 heteroatoms. The predicted molar refractivity (Wildman–Crippen MR) is 55.3 cm³/mol. The first kappa shape index (κ1) is 10.1. The summed E-state index contributed by atoms with van der Waals surface area (Å²) in [4.78, 5) is 0. The van der Waals surface area contributed by atoms with Crippen LogP contribution in [0.3, 0.4) is 0 Å². The summed E-state index contributed by atoms with van der Waals surface area (Å²) in [5.74, 6) is 1.29. The van der Waals surface area contributed by atoms with Crippen LogP contribution in [0.5, 0.6) is 0 Å². The van der Waals surface area contributed by atoms with Crippen LogP contribution >= 0.6 is 0 Å². The van der Waals surface area contributed by atoms with Gasteiger partial charge in [-0.25, -0.2) is 0 Å². The van der Waals surface area contributed by atoms with E-state index in [1.165, 1.54) is 25.7 Å². The van der Waals surface area contributed by atoms with Crippen LogP contribution in [-0.2, 0) is 9.47 Å². The van der Waals surface area contributed by atoms with Gasteiger partial charge in [0.15, 0.2) is 6.29 Å². The van der Waals surface area contributed by atoms with Crippen LogP contribution in [0.15, 0.2) is 0 Å². The van der Waals surface area contributed by atoms with E-state index in [9.17, 15) is 0 Å². The molecule has 0 radical (unpaired) electrons. The van der Waals surface area contributed by atoms with Gasteiger partial charge >= 0.3 is 0 Å². The molecule has 0 aromatic carbocycles. The second-order valence-electron chi connectivity index (χ2n) is 5.35. The number of rotatable bonds is 4. The molecule has 4 atom stereocenters. The minimum Gasteiger partial charge on any atom is -0.396 e. The molecule has 0 amide bonds. The molecule has 3 fully saturated rings. The molecule has 0 bridgehead atoms. The van der Waals surface area contributed by atoms with Crippen molar-refractivity contribution < 1.29 is 14.6 Å². The lowest BCUT2D eigenvalue weighted by atomic mass is 10.2. The summed E-state index contributed by atoms with van der Waals surface area (Å²) in [6, 6.07) is 0. The van der Waals surface area contributed by atoms with E-state index in [1.807, 2.05) is 0 Å². The molecule has 3 nitrogen and oxygen atoms in total. The van der Waals surface area contributed by atoms with Crippen molar-refractivity contribution in [2.45, 2.75) is 38.4 Å². The van der Waals surface area contributed by atoms with E-state index >= 15 is 0 Å². The molecule has 1 spiro atoms. The lowest BCUT2D eigenvalue weighted by molar-refractivity contribution is -0.165. The summed E-state index contributed by atoms with van der Waals surface area (Å²) in [5.41, 5.74) is 0.503. The van der Waals surface area contributed by atoms with Crippen molar-refractivity contribution in [3.63, 3.8) is 0 Å². The van der Waals surface area contributed by atoms with Crippen molar-refractivity contribution in [3.05, 3.63) is 0 Å². The van der Waals surface area contributed by atoms with Gasteiger partial charge in [0, 0.05) is 13.2 Å². The minimum atomic E-state index is 0.0581. The molecule has 1 heterocycles. The maximum absolute atomic E-state index is 9.05. The van der Waals surface area contributed by atoms with Gasteiger partial charge in [-0.3, -0.25) is 0 Å². The first-order chi connectivity index (χ1) is 7.35. The first-order valence-electron chi connectivity index (χ1n) is 6.19. The zero-order valence-electron chi connectivity index (χ0n) is 9.15. The monoisotopic (exact) mass is 212 g/mol. The smallest absolute Gasteiger partial charge is 0.157 e. The van der Waals surface area contributed by atoms with Gasteiger partial charge in [-0.1, -0.05) is 0 Å². The highest BCUT2D eigenvalue weighted by Gasteiger charge is 2.69. The van der Waals surface area contributed by atoms with Crippen molar-refractivity contribution in [3.8, 4) is 0 Å². The van der Waals surface area contributed by atoms with E-state index in [2.05, 4.69) is 0 Å². The summed E-state index contributed by atoms with van der Waals surface area (Å²) in [7, 11) is 0. The fourth-order valence-corrected chi connectivity index (χ4v) is 3.09. The van der Waals surface area contributed by atoms with Crippen LogP contribution < -0.4 is 0 Å². The second-order valence-corrected chi connectivity index (χ2v) is 5.35. The van der Waals surface area contributed by atoms with Gasteiger partial charge in [0.05, 0.1) is 6.61 Å². The Morgan fingerprint density at radius 1 is 1.27 bits per heavy atom. The third kappa shape index (κ3) is 1.81. The summed E-state index contributed by atoms with van der Waals surface area (Å²) in [5, 5.41) is 9.05. The van der Waals surface area contributed by atoms with E-state index in [4.69, 9.17) is 14.6 Å². The highest BCUT2D eigenvalue weighted by molar-refractivity contribution is 5.17. The number of aliphatic hydroxyl groups is 1. The molecule has 2 aliphatic carbocycles. The number of ether oxygens (including phenoxy) is 2. The Hall–Kier alpha value is -0.120. The van der Waals surface area contributed by atoms with Crippen LogP contribution in [0.1, 0.15) is 32.1 Å². The average molecular weight is 212 g/mol. The van der Waals surface area contributed by atoms with Crippen molar-refractivity contribution >= 4 is 0 Å². The standard InChI is InChI=1S/C12H20O3/c13-7-9-5-12(9)6-10(12)8-15-11-3-1-2-4-14-11/h9-11,13H,1-8H2/t9-,10+,11?,12+/m1/s1. The molecule has 86 valence electrons. The van der Waals surface area contributed by atoms with E-state index < -0.39 is 0 Å². The highest BCUT2D eigenvalue weighted by Crippen LogP contribution is 2.74. The molecule has 1 N–H and O–H groups in total. The molecule has 0 aromatic heterocycles. The van der Waals surface area contributed by atoms with Gasteiger partial charge in [-0.2, -0.15) is 0 Å². The lowest BCUT2D eigenvalue weighted by Gasteiger charge is -2.22. The summed E-state index contributed by atoms with van der Waals surface area (Å²) in [6.07, 6.45) is 6.03. The van der Waals surface area contributed by atoms with Crippen molar-refractivity contribution in [1.82, 2.24) is 0 Å². The quantitative estimate of drug-likeness (QED) is 0.768. The number of aliphatic hydroxyl groups excluding tert-OH is 1.